The Balaban J connectivity index is 0.00000392. The van der Waals surface area contributed by atoms with Crippen LogP contribution in [0.2, 0.25) is 0 Å². The molecule has 160 valence electrons. The van der Waals surface area contributed by atoms with E-state index in [4.69, 9.17) is 4.99 Å². The van der Waals surface area contributed by atoms with Crippen molar-refractivity contribution in [2.45, 2.75) is 46.1 Å². The maximum atomic E-state index is 11.6. The number of hydrogen-bond acceptors (Lipinski definition) is 3. The highest BCUT2D eigenvalue weighted by atomic mass is 127. The lowest BCUT2D eigenvalue weighted by Crippen LogP contribution is -2.40. The molecule has 0 saturated carbocycles. The van der Waals surface area contributed by atoms with Crippen LogP contribution in [-0.4, -0.2) is 51.1 Å². The van der Waals surface area contributed by atoms with Gasteiger partial charge in [-0.15, -0.1) is 24.0 Å². The minimum absolute atomic E-state index is 0. The number of benzene rings is 1. The number of rotatable bonds is 7. The van der Waals surface area contributed by atoms with E-state index in [1.807, 2.05) is 0 Å². The molecule has 6 nitrogen and oxygen atoms in total. The highest BCUT2D eigenvalue weighted by Gasteiger charge is 2.24. The third-order valence-electron chi connectivity index (χ3n) is 5.14. The number of nitrogens with zero attached hydrogens (tertiary/aromatic N) is 2. The summed E-state index contributed by atoms with van der Waals surface area (Å²) in [5, 5.41) is 6.79. The monoisotopic (exact) mass is 522 g/mol. The zero-order chi connectivity index (χ0) is 19.9. The molecule has 1 aromatic carbocycles. The second-order valence-corrected chi connectivity index (χ2v) is 9.27. The molecule has 2 rings (SSSR count). The minimum Gasteiger partial charge on any atom is -0.357 e. The van der Waals surface area contributed by atoms with Crippen LogP contribution >= 0.6 is 24.0 Å². The van der Waals surface area contributed by atoms with Crippen molar-refractivity contribution >= 4 is 40.0 Å². The molecule has 1 saturated heterocycles. The first-order valence-corrected chi connectivity index (χ1v) is 11.8. The van der Waals surface area contributed by atoms with Crippen LogP contribution in [0.15, 0.2) is 29.3 Å². The molecular weight excluding hydrogens is 487 g/mol. The highest BCUT2D eigenvalue weighted by molar-refractivity contribution is 14.0. The number of piperidine rings is 1. The van der Waals surface area contributed by atoms with Crippen LogP contribution in [0.25, 0.3) is 0 Å². The van der Waals surface area contributed by atoms with E-state index in [-0.39, 0.29) is 30.0 Å². The molecule has 8 heteroatoms. The van der Waals surface area contributed by atoms with Gasteiger partial charge in [0, 0.05) is 26.2 Å². The second-order valence-electron chi connectivity index (χ2n) is 7.29. The summed E-state index contributed by atoms with van der Waals surface area (Å²) in [7, 11) is -3.07. The van der Waals surface area contributed by atoms with E-state index in [1.54, 1.807) is 4.31 Å². The average Bonchev–Trinajstić information content (AvgIpc) is 2.66. The SMILES string of the molecule is CCNC(=NCC1CCN(S(C)(=O)=O)CC1)NC(C)c1ccc(CC)cc1.I. The van der Waals surface area contributed by atoms with Crippen molar-refractivity contribution in [3.63, 3.8) is 0 Å². The van der Waals surface area contributed by atoms with Crippen molar-refractivity contribution in [2.24, 2.45) is 10.9 Å². The predicted molar refractivity (Wildman–Crippen MR) is 128 cm³/mol. The van der Waals surface area contributed by atoms with E-state index < -0.39 is 10.0 Å². The molecular formula is C20H35IN4O2S. The summed E-state index contributed by atoms with van der Waals surface area (Å²) in [6.45, 7) is 9.08. The molecule has 0 aliphatic carbocycles. The molecule has 1 aliphatic rings. The van der Waals surface area contributed by atoms with Crippen LogP contribution in [0.3, 0.4) is 0 Å². The van der Waals surface area contributed by atoms with Gasteiger partial charge in [0.15, 0.2) is 5.96 Å². The molecule has 0 amide bonds. The Bertz CT molecular complexity index is 714. The largest absolute Gasteiger partial charge is 0.357 e. The first kappa shape index (κ1) is 25.2. The highest BCUT2D eigenvalue weighted by Crippen LogP contribution is 2.19. The Hall–Kier alpha value is -0.870. The van der Waals surface area contributed by atoms with Crippen LogP contribution in [0.5, 0.6) is 0 Å². The number of halogens is 1. The molecule has 1 aromatic rings. The summed E-state index contributed by atoms with van der Waals surface area (Å²) in [6.07, 6.45) is 4.06. The van der Waals surface area contributed by atoms with Crippen molar-refractivity contribution in [3.05, 3.63) is 35.4 Å². The molecule has 1 unspecified atom stereocenters. The Morgan fingerprint density at radius 2 is 1.82 bits per heavy atom. The van der Waals surface area contributed by atoms with Gasteiger partial charge in [-0.25, -0.2) is 12.7 Å². The van der Waals surface area contributed by atoms with E-state index >= 15 is 0 Å². The van der Waals surface area contributed by atoms with Gasteiger partial charge in [-0.1, -0.05) is 31.2 Å². The number of aliphatic imine (C=N–C) groups is 1. The fraction of sp³-hybridized carbons (Fsp3) is 0.650. The lowest BCUT2D eigenvalue weighted by molar-refractivity contribution is 0.280. The predicted octanol–water partition coefficient (Wildman–Crippen LogP) is 3.15. The zero-order valence-corrected chi connectivity index (χ0v) is 20.6. The zero-order valence-electron chi connectivity index (χ0n) is 17.4. The average molecular weight is 522 g/mol. The molecule has 1 aliphatic heterocycles. The fourth-order valence-electron chi connectivity index (χ4n) is 3.29. The van der Waals surface area contributed by atoms with Crippen molar-refractivity contribution in [1.29, 1.82) is 0 Å². The Morgan fingerprint density at radius 1 is 1.21 bits per heavy atom. The van der Waals surface area contributed by atoms with Crippen LogP contribution in [0.1, 0.15) is 50.8 Å². The third kappa shape index (κ3) is 7.87. The van der Waals surface area contributed by atoms with Crippen molar-refractivity contribution in [1.82, 2.24) is 14.9 Å². The van der Waals surface area contributed by atoms with E-state index in [2.05, 4.69) is 55.7 Å². The van der Waals surface area contributed by atoms with E-state index in [9.17, 15) is 8.42 Å². The summed E-state index contributed by atoms with van der Waals surface area (Å²) in [5.41, 5.74) is 2.58. The topological polar surface area (TPSA) is 73.8 Å². The lowest BCUT2D eigenvalue weighted by Gasteiger charge is -2.29. The Kier molecular flexibility index (Phi) is 10.8. The van der Waals surface area contributed by atoms with Gasteiger partial charge >= 0.3 is 0 Å². The van der Waals surface area contributed by atoms with Crippen LogP contribution < -0.4 is 10.6 Å². The Labute approximate surface area is 187 Å². The smallest absolute Gasteiger partial charge is 0.211 e. The van der Waals surface area contributed by atoms with Crippen molar-refractivity contribution in [2.75, 3.05) is 32.4 Å². The summed E-state index contributed by atoms with van der Waals surface area (Å²) in [4.78, 5) is 4.75. The molecule has 0 spiro atoms. The number of guanidine groups is 1. The Morgan fingerprint density at radius 3 is 2.32 bits per heavy atom. The molecule has 0 aromatic heterocycles. The molecule has 0 bridgehead atoms. The first-order valence-electron chi connectivity index (χ1n) is 9.92. The third-order valence-corrected chi connectivity index (χ3v) is 6.44. The quantitative estimate of drug-likeness (QED) is 0.328. The van der Waals surface area contributed by atoms with Gasteiger partial charge in [0.2, 0.25) is 10.0 Å². The number of hydrogen-bond donors (Lipinski definition) is 2. The number of nitrogens with one attached hydrogen (secondary N) is 2. The summed E-state index contributed by atoms with van der Waals surface area (Å²) < 4.78 is 24.8. The van der Waals surface area contributed by atoms with Gasteiger partial charge in [-0.05, 0) is 50.2 Å². The maximum Gasteiger partial charge on any atom is 0.211 e. The van der Waals surface area contributed by atoms with Gasteiger partial charge in [-0.3, -0.25) is 4.99 Å². The molecule has 1 atom stereocenters. The summed E-state index contributed by atoms with van der Waals surface area (Å²) >= 11 is 0. The van der Waals surface area contributed by atoms with Gasteiger partial charge in [-0.2, -0.15) is 0 Å². The molecule has 1 heterocycles. The van der Waals surface area contributed by atoms with Crippen molar-refractivity contribution < 1.29 is 8.42 Å². The maximum absolute atomic E-state index is 11.6. The lowest BCUT2D eigenvalue weighted by atomic mass is 9.98. The van der Waals surface area contributed by atoms with Crippen LogP contribution in [0, 0.1) is 5.92 Å². The second kappa shape index (κ2) is 12.0. The van der Waals surface area contributed by atoms with E-state index in [0.29, 0.717) is 25.6 Å². The van der Waals surface area contributed by atoms with E-state index in [0.717, 1.165) is 31.8 Å². The first-order chi connectivity index (χ1) is 12.8. The molecule has 28 heavy (non-hydrogen) atoms. The van der Waals surface area contributed by atoms with Crippen molar-refractivity contribution in [3.8, 4) is 0 Å². The summed E-state index contributed by atoms with van der Waals surface area (Å²) in [6, 6.07) is 8.85. The van der Waals surface area contributed by atoms with Gasteiger partial charge in [0.05, 0.1) is 12.3 Å². The fourth-order valence-corrected chi connectivity index (χ4v) is 4.17. The van der Waals surface area contributed by atoms with E-state index in [1.165, 1.54) is 17.4 Å². The van der Waals surface area contributed by atoms with Gasteiger partial charge in [0.25, 0.3) is 0 Å². The minimum atomic E-state index is -3.07. The van der Waals surface area contributed by atoms with Gasteiger partial charge in [0.1, 0.15) is 0 Å². The molecule has 2 N–H and O–H groups in total. The number of sulfonamides is 1. The number of aryl methyl sites for hydroxylation is 1. The molecule has 1 fully saturated rings. The van der Waals surface area contributed by atoms with Crippen LogP contribution in [0.4, 0.5) is 0 Å². The summed E-state index contributed by atoms with van der Waals surface area (Å²) in [5.74, 6) is 1.24. The van der Waals surface area contributed by atoms with Gasteiger partial charge < -0.3 is 10.6 Å². The van der Waals surface area contributed by atoms with Crippen LogP contribution in [-0.2, 0) is 16.4 Å². The standard InChI is InChI=1S/C20H34N4O2S.HI/c1-5-17-7-9-19(10-8-17)16(3)23-20(21-6-2)22-15-18-11-13-24(14-12-18)27(4,25)26;/h7-10,16,18H,5-6,11-15H2,1-4H3,(H2,21,22,23);1H. The normalized spacial score (nSPS) is 17.6. The molecule has 0 radical (unpaired) electrons.